The highest BCUT2D eigenvalue weighted by atomic mass is 15.1. The number of anilines is 2. The fraction of sp³-hybridized carbons (Fsp3) is 0.0222. The predicted octanol–water partition coefficient (Wildman–Crippen LogP) is 11.2. The largest absolute Gasteiger partial charge is 0.311 e. The van der Waals surface area contributed by atoms with Crippen LogP contribution in [-0.2, 0) is 6.42 Å². The molecule has 0 amide bonds. The van der Waals surface area contributed by atoms with E-state index in [0.29, 0.717) is 11.1 Å². The van der Waals surface area contributed by atoms with Crippen molar-refractivity contribution in [3.8, 4) is 40.1 Å². The second kappa shape index (κ2) is 12.4. The van der Waals surface area contributed by atoms with E-state index in [2.05, 4.69) is 131 Å². The normalized spacial score (nSPS) is 13.9. The topological polar surface area (TPSA) is 55.8 Å². The maximum Gasteiger partial charge on any atom is 0.0998 e. The second-order valence-corrected chi connectivity index (χ2v) is 12.1. The fourth-order valence-electron chi connectivity index (χ4n) is 7.04. The molecule has 0 atom stereocenters. The molecule has 1 aliphatic heterocycles. The van der Waals surface area contributed by atoms with Crippen LogP contribution in [0.3, 0.4) is 0 Å². The van der Waals surface area contributed by atoms with Gasteiger partial charge in [-0.1, -0.05) is 104 Å². The van der Waals surface area contributed by atoms with Crippen LogP contribution in [-0.4, -0.2) is 4.57 Å². The summed E-state index contributed by atoms with van der Waals surface area (Å²) in [7, 11) is 0. The highest BCUT2D eigenvalue weighted by molar-refractivity contribution is 6.12. The Balaban J connectivity index is 1.35. The van der Waals surface area contributed by atoms with Crippen LogP contribution in [0.2, 0.25) is 0 Å². The molecular weight excluding hydrogens is 597 g/mol. The number of allylic oxidation sites excluding steroid dienone is 4. The van der Waals surface area contributed by atoms with Gasteiger partial charge in [0.05, 0.1) is 40.0 Å². The van der Waals surface area contributed by atoms with E-state index in [0.717, 1.165) is 73.2 Å². The van der Waals surface area contributed by atoms with Crippen LogP contribution < -0.4 is 4.90 Å². The number of aromatic nitrogens is 1. The lowest BCUT2D eigenvalue weighted by molar-refractivity contribution is 1.16. The first-order chi connectivity index (χ1) is 24.2. The van der Waals surface area contributed by atoms with Crippen molar-refractivity contribution >= 4 is 33.2 Å². The molecule has 6 aromatic carbocycles. The number of nitriles is 2. The molecule has 1 aliphatic rings. The Labute approximate surface area is 285 Å². The summed E-state index contributed by atoms with van der Waals surface area (Å²) in [6.07, 6.45) is 9.11. The number of benzene rings is 6. The fourth-order valence-corrected chi connectivity index (χ4v) is 7.04. The van der Waals surface area contributed by atoms with Crippen molar-refractivity contribution in [1.82, 2.24) is 4.57 Å². The zero-order valence-corrected chi connectivity index (χ0v) is 26.7. The summed E-state index contributed by atoms with van der Waals surface area (Å²) in [5, 5.41) is 22.1. The minimum atomic E-state index is 0.587. The number of fused-ring (bicyclic) bond motifs is 4. The Morgan fingerprint density at radius 2 is 1.39 bits per heavy atom. The molecule has 4 nitrogen and oxygen atoms in total. The molecule has 230 valence electrons. The van der Waals surface area contributed by atoms with E-state index in [1.54, 1.807) is 0 Å². The van der Waals surface area contributed by atoms with Gasteiger partial charge >= 0.3 is 0 Å². The van der Waals surface area contributed by atoms with Gasteiger partial charge in [0.2, 0.25) is 0 Å². The van der Waals surface area contributed by atoms with Crippen LogP contribution in [0, 0.1) is 22.7 Å². The number of hydrogen-bond acceptors (Lipinski definition) is 3. The lowest BCUT2D eigenvalue weighted by Gasteiger charge is -2.28. The molecule has 0 radical (unpaired) electrons. The molecule has 4 heteroatoms. The molecule has 0 aliphatic carbocycles. The summed E-state index contributed by atoms with van der Waals surface area (Å²) in [6, 6.07) is 50.1. The monoisotopic (exact) mass is 626 g/mol. The van der Waals surface area contributed by atoms with Gasteiger partial charge in [0, 0.05) is 33.4 Å². The van der Waals surface area contributed by atoms with Crippen molar-refractivity contribution in [2.24, 2.45) is 0 Å². The molecule has 1 aromatic heterocycles. The zero-order valence-electron chi connectivity index (χ0n) is 26.7. The summed E-state index contributed by atoms with van der Waals surface area (Å²) in [5.74, 6) is 0. The first-order valence-corrected chi connectivity index (χ1v) is 16.2. The van der Waals surface area contributed by atoms with Crippen molar-refractivity contribution in [1.29, 1.82) is 10.5 Å². The Kier molecular flexibility index (Phi) is 7.46. The Bertz CT molecular complexity index is 2580. The third-order valence-electron chi connectivity index (χ3n) is 9.21. The van der Waals surface area contributed by atoms with Crippen LogP contribution in [0.15, 0.2) is 170 Å². The minimum Gasteiger partial charge on any atom is -0.311 e. The van der Waals surface area contributed by atoms with E-state index in [9.17, 15) is 10.5 Å². The Morgan fingerprint density at radius 1 is 0.612 bits per heavy atom. The van der Waals surface area contributed by atoms with Gasteiger partial charge in [0.15, 0.2) is 0 Å². The van der Waals surface area contributed by atoms with E-state index in [-0.39, 0.29) is 0 Å². The van der Waals surface area contributed by atoms with Crippen molar-refractivity contribution in [3.63, 3.8) is 0 Å². The number of para-hydroxylation sites is 3. The van der Waals surface area contributed by atoms with Crippen LogP contribution in [0.5, 0.6) is 0 Å². The van der Waals surface area contributed by atoms with Crippen LogP contribution in [0.25, 0.3) is 49.7 Å². The highest BCUT2D eigenvalue weighted by Crippen LogP contribution is 2.42. The van der Waals surface area contributed by atoms with E-state index in [1.165, 1.54) is 5.56 Å². The SMILES string of the molecule is C=C1/C=C\C=C/Cc2ccccc2N1c1cccc(-c2cc(C#N)ccc2-c2ccccc2-n2c3ccccc3c3c(C#N)cccc32)c1. The second-order valence-electron chi connectivity index (χ2n) is 12.1. The summed E-state index contributed by atoms with van der Waals surface area (Å²) in [5.41, 5.74) is 12.3. The lowest BCUT2D eigenvalue weighted by atomic mass is 9.91. The van der Waals surface area contributed by atoms with E-state index in [4.69, 9.17) is 0 Å². The van der Waals surface area contributed by atoms with Crippen molar-refractivity contribution in [2.75, 3.05) is 4.90 Å². The summed E-state index contributed by atoms with van der Waals surface area (Å²) in [6.45, 7) is 4.45. The average molecular weight is 627 g/mol. The third-order valence-corrected chi connectivity index (χ3v) is 9.21. The van der Waals surface area contributed by atoms with Gasteiger partial charge in [-0.2, -0.15) is 10.5 Å². The maximum absolute atomic E-state index is 10.0. The molecule has 0 spiro atoms. The molecule has 0 fully saturated rings. The quantitative estimate of drug-likeness (QED) is 0.195. The Morgan fingerprint density at radius 3 is 2.27 bits per heavy atom. The minimum absolute atomic E-state index is 0.587. The molecule has 0 saturated carbocycles. The van der Waals surface area contributed by atoms with Crippen molar-refractivity contribution < 1.29 is 0 Å². The van der Waals surface area contributed by atoms with Gasteiger partial charge in [-0.05, 0) is 89.3 Å². The summed E-state index contributed by atoms with van der Waals surface area (Å²) >= 11 is 0. The van der Waals surface area contributed by atoms with Crippen LogP contribution in [0.1, 0.15) is 16.7 Å². The van der Waals surface area contributed by atoms with Crippen molar-refractivity contribution in [2.45, 2.75) is 6.42 Å². The van der Waals surface area contributed by atoms with Gasteiger partial charge in [-0.3, -0.25) is 0 Å². The molecular formula is C45H30N4. The molecule has 49 heavy (non-hydrogen) atoms. The molecule has 7 aromatic rings. The molecule has 0 bridgehead atoms. The maximum atomic E-state index is 10.0. The molecule has 2 heterocycles. The average Bonchev–Trinajstić information content (AvgIpc) is 3.52. The standard InChI is InChI=1S/C45H30N4/c1-31-13-3-2-4-14-33-15-5-8-21-41(33)48(31)36-18-11-16-34(28-36)40-27-32(29-46)25-26-37(40)38-19-6-9-22-42(38)49-43-23-10-7-20-39(43)45-35(30-47)17-12-24-44(45)49/h2-13,15-28H,1,14H2/b4-2-,13-3-. The Hall–Kier alpha value is -6.88. The van der Waals surface area contributed by atoms with Crippen LogP contribution >= 0.6 is 0 Å². The van der Waals surface area contributed by atoms with Gasteiger partial charge < -0.3 is 9.47 Å². The van der Waals surface area contributed by atoms with Crippen LogP contribution in [0.4, 0.5) is 11.4 Å². The lowest BCUT2D eigenvalue weighted by Crippen LogP contribution is -2.16. The van der Waals surface area contributed by atoms with E-state index in [1.807, 2.05) is 54.6 Å². The van der Waals surface area contributed by atoms with Gasteiger partial charge in [0.1, 0.15) is 0 Å². The van der Waals surface area contributed by atoms with Crippen molar-refractivity contribution in [3.05, 3.63) is 187 Å². The first-order valence-electron chi connectivity index (χ1n) is 16.2. The van der Waals surface area contributed by atoms with Gasteiger partial charge in [-0.25, -0.2) is 0 Å². The molecule has 0 N–H and O–H groups in total. The third kappa shape index (κ3) is 5.10. The van der Waals surface area contributed by atoms with E-state index >= 15 is 0 Å². The predicted molar refractivity (Wildman–Crippen MR) is 201 cm³/mol. The number of nitrogens with zero attached hydrogens (tertiary/aromatic N) is 4. The zero-order chi connectivity index (χ0) is 33.3. The molecule has 0 saturated heterocycles. The molecule has 8 rings (SSSR count). The summed E-state index contributed by atoms with van der Waals surface area (Å²) in [4.78, 5) is 2.20. The molecule has 0 unspecified atom stereocenters. The number of rotatable bonds is 4. The van der Waals surface area contributed by atoms with Gasteiger partial charge in [-0.15, -0.1) is 0 Å². The van der Waals surface area contributed by atoms with Gasteiger partial charge in [0.25, 0.3) is 0 Å². The highest BCUT2D eigenvalue weighted by Gasteiger charge is 2.21. The number of hydrogen-bond donors (Lipinski definition) is 0. The summed E-state index contributed by atoms with van der Waals surface area (Å²) < 4.78 is 2.25. The van der Waals surface area contributed by atoms with E-state index < -0.39 is 0 Å². The smallest absolute Gasteiger partial charge is 0.0998 e. The first kappa shape index (κ1) is 29.5.